The van der Waals surface area contributed by atoms with E-state index in [-0.39, 0.29) is 12.3 Å². The van der Waals surface area contributed by atoms with Crippen LogP contribution >= 0.6 is 0 Å². The van der Waals surface area contributed by atoms with Gasteiger partial charge in [0, 0.05) is 23.6 Å². The van der Waals surface area contributed by atoms with Crippen LogP contribution in [0, 0.1) is 0 Å². The third-order valence-corrected chi connectivity index (χ3v) is 4.27. The number of rotatable bonds is 7. The minimum Gasteiger partial charge on any atom is -0.493 e. The quantitative estimate of drug-likeness (QED) is 0.630. The van der Waals surface area contributed by atoms with Crippen LogP contribution in [0.2, 0.25) is 0 Å². The molecule has 0 aliphatic heterocycles. The Hall–Kier alpha value is -3.48. The second-order valence-corrected chi connectivity index (χ2v) is 6.09. The number of anilines is 1. The normalized spacial score (nSPS) is 10.5. The summed E-state index contributed by atoms with van der Waals surface area (Å²) in [6.45, 7) is 0. The maximum absolute atomic E-state index is 12.3. The van der Waals surface area contributed by atoms with Gasteiger partial charge in [0.25, 0.3) is 0 Å². The Morgan fingerprint density at radius 3 is 2.32 bits per heavy atom. The number of fused-ring (bicyclic) bond motifs is 1. The summed E-state index contributed by atoms with van der Waals surface area (Å²) in [5.74, 6) is 1.48. The molecule has 28 heavy (non-hydrogen) atoms. The molecule has 0 unspecified atom stereocenters. The highest BCUT2D eigenvalue weighted by Gasteiger charge is 2.14. The molecule has 3 aromatic rings. The molecule has 1 amide bonds. The van der Waals surface area contributed by atoms with E-state index in [2.05, 4.69) is 5.32 Å². The lowest BCUT2D eigenvalue weighted by atomic mass is 10.1. The SMILES string of the molecule is COc1cc(CCC(=O)Nc2ccc3oc(=O)ccc3c2)cc(OC)c1OC. The summed E-state index contributed by atoms with van der Waals surface area (Å²) in [4.78, 5) is 23.6. The summed E-state index contributed by atoms with van der Waals surface area (Å²) in [6.07, 6.45) is 0.783. The van der Waals surface area contributed by atoms with Crippen LogP contribution in [0.1, 0.15) is 12.0 Å². The van der Waals surface area contributed by atoms with E-state index in [1.165, 1.54) is 6.07 Å². The predicted molar refractivity (Wildman–Crippen MR) is 106 cm³/mol. The average molecular weight is 383 g/mol. The van der Waals surface area contributed by atoms with E-state index in [9.17, 15) is 9.59 Å². The van der Waals surface area contributed by atoms with Gasteiger partial charge in [-0.1, -0.05) is 0 Å². The maximum Gasteiger partial charge on any atom is 0.336 e. The fourth-order valence-electron chi connectivity index (χ4n) is 2.91. The van der Waals surface area contributed by atoms with Gasteiger partial charge < -0.3 is 23.9 Å². The first-order valence-corrected chi connectivity index (χ1v) is 8.66. The first-order chi connectivity index (χ1) is 13.5. The molecule has 7 nitrogen and oxygen atoms in total. The molecule has 0 radical (unpaired) electrons. The number of carbonyl (C=O) groups excluding carboxylic acids is 1. The second kappa shape index (κ2) is 8.47. The molecule has 3 rings (SSSR count). The Morgan fingerprint density at radius 2 is 1.68 bits per heavy atom. The highest BCUT2D eigenvalue weighted by Crippen LogP contribution is 2.38. The van der Waals surface area contributed by atoms with E-state index in [4.69, 9.17) is 18.6 Å². The molecule has 0 spiro atoms. The largest absolute Gasteiger partial charge is 0.493 e. The lowest BCUT2D eigenvalue weighted by Gasteiger charge is -2.14. The van der Waals surface area contributed by atoms with Crippen LogP contribution in [0.3, 0.4) is 0 Å². The molecule has 1 heterocycles. The molecule has 0 atom stereocenters. The van der Waals surface area contributed by atoms with Gasteiger partial charge in [-0.2, -0.15) is 0 Å². The number of ether oxygens (including phenoxy) is 3. The minimum absolute atomic E-state index is 0.134. The summed E-state index contributed by atoms with van der Waals surface area (Å²) < 4.78 is 21.1. The molecule has 0 aliphatic carbocycles. The lowest BCUT2D eigenvalue weighted by Crippen LogP contribution is -2.12. The number of methoxy groups -OCH3 is 3. The van der Waals surface area contributed by atoms with E-state index in [0.717, 1.165) is 10.9 Å². The fourth-order valence-corrected chi connectivity index (χ4v) is 2.91. The maximum atomic E-state index is 12.3. The van der Waals surface area contributed by atoms with Crippen LogP contribution in [0.15, 0.2) is 51.7 Å². The zero-order valence-corrected chi connectivity index (χ0v) is 15.9. The monoisotopic (exact) mass is 383 g/mol. The van der Waals surface area contributed by atoms with Gasteiger partial charge in [0.1, 0.15) is 5.58 Å². The van der Waals surface area contributed by atoms with E-state index in [0.29, 0.717) is 34.9 Å². The van der Waals surface area contributed by atoms with Crippen molar-refractivity contribution in [3.05, 3.63) is 58.4 Å². The smallest absolute Gasteiger partial charge is 0.336 e. The van der Waals surface area contributed by atoms with Crippen molar-refractivity contribution in [3.63, 3.8) is 0 Å². The Labute approximate surface area is 161 Å². The zero-order valence-electron chi connectivity index (χ0n) is 15.9. The van der Waals surface area contributed by atoms with Crippen molar-refractivity contribution in [3.8, 4) is 17.2 Å². The Bertz CT molecular complexity index is 1030. The van der Waals surface area contributed by atoms with Gasteiger partial charge in [0.2, 0.25) is 11.7 Å². The average Bonchev–Trinajstić information content (AvgIpc) is 2.71. The molecule has 0 bridgehead atoms. The molecule has 0 fully saturated rings. The Morgan fingerprint density at radius 1 is 0.964 bits per heavy atom. The molecule has 1 aromatic heterocycles. The lowest BCUT2D eigenvalue weighted by molar-refractivity contribution is -0.116. The number of hydrogen-bond donors (Lipinski definition) is 1. The van der Waals surface area contributed by atoms with Gasteiger partial charge in [-0.15, -0.1) is 0 Å². The predicted octanol–water partition coefficient (Wildman–Crippen LogP) is 3.39. The van der Waals surface area contributed by atoms with Crippen molar-refractivity contribution in [2.24, 2.45) is 0 Å². The van der Waals surface area contributed by atoms with Crippen LogP contribution in [-0.4, -0.2) is 27.2 Å². The molecular weight excluding hydrogens is 362 g/mol. The minimum atomic E-state index is -0.408. The number of carbonyl (C=O) groups is 1. The second-order valence-electron chi connectivity index (χ2n) is 6.09. The molecule has 2 aromatic carbocycles. The summed E-state index contributed by atoms with van der Waals surface area (Å²) in [6, 6.07) is 11.8. The first kappa shape index (κ1) is 19.3. The molecule has 0 saturated carbocycles. The number of benzene rings is 2. The number of amides is 1. The van der Waals surface area contributed by atoms with Crippen molar-refractivity contribution in [1.29, 1.82) is 0 Å². The third kappa shape index (κ3) is 4.25. The highest BCUT2D eigenvalue weighted by atomic mass is 16.5. The van der Waals surface area contributed by atoms with Gasteiger partial charge in [-0.25, -0.2) is 4.79 Å². The molecule has 7 heteroatoms. The van der Waals surface area contributed by atoms with Crippen LogP contribution in [0.25, 0.3) is 11.0 Å². The van der Waals surface area contributed by atoms with Gasteiger partial charge in [0.05, 0.1) is 21.3 Å². The van der Waals surface area contributed by atoms with Crippen molar-refractivity contribution in [1.82, 2.24) is 0 Å². The topological polar surface area (TPSA) is 87.0 Å². The fraction of sp³-hybridized carbons (Fsp3) is 0.238. The molecule has 0 saturated heterocycles. The van der Waals surface area contributed by atoms with Crippen molar-refractivity contribution in [2.75, 3.05) is 26.6 Å². The third-order valence-electron chi connectivity index (χ3n) is 4.27. The van der Waals surface area contributed by atoms with E-state index >= 15 is 0 Å². The highest BCUT2D eigenvalue weighted by molar-refractivity contribution is 5.93. The van der Waals surface area contributed by atoms with Gasteiger partial charge in [0.15, 0.2) is 11.5 Å². The molecular formula is C21H21NO6. The van der Waals surface area contributed by atoms with Gasteiger partial charge >= 0.3 is 5.63 Å². The molecule has 0 aliphatic rings. The number of nitrogens with one attached hydrogen (secondary N) is 1. The van der Waals surface area contributed by atoms with E-state index < -0.39 is 5.63 Å². The van der Waals surface area contributed by atoms with Crippen molar-refractivity contribution < 1.29 is 23.4 Å². The van der Waals surface area contributed by atoms with E-state index in [1.807, 2.05) is 12.1 Å². The van der Waals surface area contributed by atoms with E-state index in [1.54, 1.807) is 45.6 Å². The van der Waals surface area contributed by atoms with Crippen LogP contribution in [-0.2, 0) is 11.2 Å². The zero-order chi connectivity index (χ0) is 20.1. The summed E-state index contributed by atoms with van der Waals surface area (Å²) in [7, 11) is 4.65. The standard InChI is InChI=1S/C21H21NO6/c1-25-17-10-13(11-18(26-2)21(17)27-3)4-8-19(23)22-15-6-7-16-14(12-15)5-9-20(24)28-16/h5-7,9-12H,4,8H2,1-3H3,(H,22,23). The van der Waals surface area contributed by atoms with Crippen LogP contribution in [0.5, 0.6) is 17.2 Å². The molecule has 146 valence electrons. The Kier molecular flexibility index (Phi) is 5.84. The summed E-state index contributed by atoms with van der Waals surface area (Å²) in [5, 5.41) is 3.59. The van der Waals surface area contributed by atoms with Crippen molar-refractivity contribution >= 4 is 22.6 Å². The van der Waals surface area contributed by atoms with Gasteiger partial charge in [-0.3, -0.25) is 4.79 Å². The number of aryl methyl sites for hydroxylation is 1. The summed E-state index contributed by atoms with van der Waals surface area (Å²) in [5.41, 5.74) is 1.60. The molecule has 1 N–H and O–H groups in total. The van der Waals surface area contributed by atoms with Crippen LogP contribution < -0.4 is 25.2 Å². The first-order valence-electron chi connectivity index (χ1n) is 8.66. The van der Waals surface area contributed by atoms with Gasteiger partial charge in [-0.05, 0) is 48.4 Å². The summed E-state index contributed by atoms with van der Waals surface area (Å²) >= 11 is 0. The number of hydrogen-bond acceptors (Lipinski definition) is 6. The van der Waals surface area contributed by atoms with Crippen molar-refractivity contribution in [2.45, 2.75) is 12.8 Å². The van der Waals surface area contributed by atoms with Crippen LogP contribution in [0.4, 0.5) is 5.69 Å². The Balaban J connectivity index is 1.69.